The van der Waals surface area contributed by atoms with Crippen LogP contribution in [0.25, 0.3) is 0 Å². The standard InChI is InChI=1S/C18H25NO5S/c1-4-11-10(3)25-16(14(11)18(23)24-5-2)19-15(20)12-8-6-7-9-13(12)17(21)22/h12-13H,4-9H2,1-3H3,(H,19,20)(H,21,22). The minimum Gasteiger partial charge on any atom is -0.481 e. The third-order valence-electron chi connectivity index (χ3n) is 4.70. The molecule has 1 aromatic rings. The van der Waals surface area contributed by atoms with Crippen LogP contribution in [0.3, 0.4) is 0 Å². The summed E-state index contributed by atoms with van der Waals surface area (Å²) in [7, 11) is 0. The number of aliphatic carboxylic acids is 1. The van der Waals surface area contributed by atoms with Gasteiger partial charge in [0, 0.05) is 4.88 Å². The Hall–Kier alpha value is -1.89. The molecule has 2 N–H and O–H groups in total. The number of ether oxygens (including phenoxy) is 1. The first-order chi connectivity index (χ1) is 11.9. The van der Waals surface area contributed by atoms with E-state index in [9.17, 15) is 19.5 Å². The van der Waals surface area contributed by atoms with E-state index >= 15 is 0 Å². The summed E-state index contributed by atoms with van der Waals surface area (Å²) in [5.41, 5.74) is 1.28. The molecule has 2 atom stereocenters. The Morgan fingerprint density at radius 3 is 2.40 bits per heavy atom. The van der Waals surface area contributed by atoms with Gasteiger partial charge in [0.25, 0.3) is 0 Å². The van der Waals surface area contributed by atoms with Crippen molar-refractivity contribution in [2.75, 3.05) is 11.9 Å². The topological polar surface area (TPSA) is 92.7 Å². The van der Waals surface area contributed by atoms with E-state index < -0.39 is 23.8 Å². The van der Waals surface area contributed by atoms with Crippen LogP contribution in [0.2, 0.25) is 0 Å². The van der Waals surface area contributed by atoms with Gasteiger partial charge in [0.15, 0.2) is 0 Å². The molecule has 0 aliphatic heterocycles. The summed E-state index contributed by atoms with van der Waals surface area (Å²) >= 11 is 1.34. The minimum atomic E-state index is -0.929. The van der Waals surface area contributed by atoms with Gasteiger partial charge >= 0.3 is 11.9 Å². The highest BCUT2D eigenvalue weighted by Gasteiger charge is 2.36. The number of carbonyl (C=O) groups is 3. The second-order valence-electron chi connectivity index (χ2n) is 6.24. The van der Waals surface area contributed by atoms with Gasteiger partial charge in [0.05, 0.1) is 24.0 Å². The maximum atomic E-state index is 12.7. The molecule has 1 aliphatic rings. The molecule has 25 heavy (non-hydrogen) atoms. The average Bonchev–Trinajstić information content (AvgIpc) is 2.90. The molecule has 0 spiro atoms. The minimum absolute atomic E-state index is 0.258. The van der Waals surface area contributed by atoms with Gasteiger partial charge in [-0.05, 0) is 38.7 Å². The molecule has 1 saturated carbocycles. The van der Waals surface area contributed by atoms with E-state index in [-0.39, 0.29) is 12.5 Å². The van der Waals surface area contributed by atoms with E-state index in [0.717, 1.165) is 23.3 Å². The Kier molecular flexibility index (Phi) is 6.58. The van der Waals surface area contributed by atoms with Crippen molar-refractivity contribution >= 4 is 34.2 Å². The second kappa shape index (κ2) is 8.47. The van der Waals surface area contributed by atoms with Crippen molar-refractivity contribution in [2.45, 2.75) is 52.9 Å². The van der Waals surface area contributed by atoms with Gasteiger partial charge in [0.1, 0.15) is 5.00 Å². The molecule has 1 aromatic heterocycles. The van der Waals surface area contributed by atoms with Gasteiger partial charge in [0.2, 0.25) is 5.91 Å². The van der Waals surface area contributed by atoms with Crippen LogP contribution in [0.5, 0.6) is 0 Å². The monoisotopic (exact) mass is 367 g/mol. The Balaban J connectivity index is 2.28. The fourth-order valence-electron chi connectivity index (χ4n) is 3.46. The Morgan fingerprint density at radius 2 is 1.84 bits per heavy atom. The Morgan fingerprint density at radius 1 is 1.20 bits per heavy atom. The van der Waals surface area contributed by atoms with Crippen molar-refractivity contribution in [1.82, 2.24) is 0 Å². The smallest absolute Gasteiger partial charge is 0.341 e. The fraction of sp³-hybridized carbons (Fsp3) is 0.611. The first-order valence-corrected chi connectivity index (χ1v) is 9.55. The summed E-state index contributed by atoms with van der Waals surface area (Å²) in [5.74, 6) is -2.92. The molecule has 1 amide bonds. The number of hydrogen-bond donors (Lipinski definition) is 2. The Bertz CT molecular complexity index is 667. The molecule has 1 heterocycles. The second-order valence-corrected chi connectivity index (χ2v) is 7.46. The lowest BCUT2D eigenvalue weighted by atomic mass is 9.79. The third-order valence-corrected chi connectivity index (χ3v) is 5.76. The maximum Gasteiger partial charge on any atom is 0.341 e. The van der Waals surface area contributed by atoms with Crippen LogP contribution in [0.1, 0.15) is 60.3 Å². The average molecular weight is 367 g/mol. The predicted octanol–water partition coefficient (Wildman–Crippen LogP) is 3.63. The molecule has 2 rings (SSSR count). The highest BCUT2D eigenvalue weighted by Crippen LogP contribution is 2.36. The Labute approximate surface area is 151 Å². The lowest BCUT2D eigenvalue weighted by molar-refractivity contribution is -0.147. The van der Waals surface area contributed by atoms with Gasteiger partial charge in [-0.3, -0.25) is 9.59 Å². The van der Waals surface area contributed by atoms with Gasteiger partial charge in [-0.2, -0.15) is 0 Å². The molecule has 2 unspecified atom stereocenters. The SMILES string of the molecule is CCOC(=O)c1c(NC(=O)C2CCCCC2C(=O)O)sc(C)c1CC. The van der Waals surface area contributed by atoms with E-state index in [1.54, 1.807) is 6.92 Å². The van der Waals surface area contributed by atoms with Crippen LogP contribution in [0.4, 0.5) is 5.00 Å². The zero-order valence-corrected chi connectivity index (χ0v) is 15.7. The zero-order chi connectivity index (χ0) is 18.6. The summed E-state index contributed by atoms with van der Waals surface area (Å²) in [4.78, 5) is 37.4. The lowest BCUT2D eigenvalue weighted by Gasteiger charge is -2.27. The van der Waals surface area contributed by atoms with Crippen molar-refractivity contribution in [3.63, 3.8) is 0 Å². The summed E-state index contributed by atoms with van der Waals surface area (Å²) in [6, 6.07) is 0. The number of carboxylic acids is 1. The highest BCUT2D eigenvalue weighted by molar-refractivity contribution is 7.16. The van der Waals surface area contributed by atoms with Crippen molar-refractivity contribution in [2.24, 2.45) is 11.8 Å². The van der Waals surface area contributed by atoms with E-state index in [4.69, 9.17) is 4.74 Å². The number of thiophene rings is 1. The molecule has 0 radical (unpaired) electrons. The quantitative estimate of drug-likeness (QED) is 0.749. The molecule has 1 fully saturated rings. The number of aryl methyl sites for hydroxylation is 1. The van der Waals surface area contributed by atoms with Gasteiger partial charge < -0.3 is 15.2 Å². The predicted molar refractivity (Wildman–Crippen MR) is 96.1 cm³/mol. The fourth-order valence-corrected chi connectivity index (χ4v) is 4.59. The normalized spacial score (nSPS) is 20.1. The number of hydrogen-bond acceptors (Lipinski definition) is 5. The largest absolute Gasteiger partial charge is 0.481 e. The molecular formula is C18H25NO5S. The van der Waals surface area contributed by atoms with Crippen molar-refractivity contribution in [1.29, 1.82) is 0 Å². The number of amides is 1. The first-order valence-electron chi connectivity index (χ1n) is 8.73. The third kappa shape index (κ3) is 4.21. The number of rotatable bonds is 6. The van der Waals surface area contributed by atoms with E-state index in [0.29, 0.717) is 29.8 Å². The van der Waals surface area contributed by atoms with Crippen LogP contribution < -0.4 is 5.32 Å². The van der Waals surface area contributed by atoms with Crippen molar-refractivity contribution in [3.8, 4) is 0 Å². The number of esters is 1. The van der Waals surface area contributed by atoms with Crippen molar-refractivity contribution < 1.29 is 24.2 Å². The molecular weight excluding hydrogens is 342 g/mol. The number of anilines is 1. The molecule has 6 nitrogen and oxygen atoms in total. The molecule has 138 valence electrons. The van der Waals surface area contributed by atoms with E-state index in [1.807, 2.05) is 13.8 Å². The zero-order valence-electron chi connectivity index (χ0n) is 14.9. The molecule has 7 heteroatoms. The van der Waals surface area contributed by atoms with Crippen LogP contribution >= 0.6 is 11.3 Å². The van der Waals surface area contributed by atoms with Crippen LogP contribution in [0.15, 0.2) is 0 Å². The maximum absolute atomic E-state index is 12.7. The summed E-state index contributed by atoms with van der Waals surface area (Å²) in [6.07, 6.45) is 3.40. The first kappa shape index (κ1) is 19.4. The summed E-state index contributed by atoms with van der Waals surface area (Å²) in [6.45, 7) is 5.85. The van der Waals surface area contributed by atoms with Crippen LogP contribution in [-0.2, 0) is 20.7 Å². The number of nitrogens with one attached hydrogen (secondary N) is 1. The van der Waals surface area contributed by atoms with Crippen molar-refractivity contribution in [3.05, 3.63) is 16.0 Å². The number of carbonyl (C=O) groups excluding carboxylic acids is 2. The molecule has 0 bridgehead atoms. The molecule has 1 aliphatic carbocycles. The highest BCUT2D eigenvalue weighted by atomic mass is 32.1. The van der Waals surface area contributed by atoms with Crippen LogP contribution in [-0.4, -0.2) is 29.6 Å². The van der Waals surface area contributed by atoms with E-state index in [2.05, 4.69) is 5.32 Å². The van der Waals surface area contributed by atoms with Gasteiger partial charge in [-0.25, -0.2) is 4.79 Å². The summed E-state index contributed by atoms with van der Waals surface area (Å²) in [5, 5.41) is 12.7. The molecule has 0 saturated heterocycles. The summed E-state index contributed by atoms with van der Waals surface area (Å²) < 4.78 is 5.13. The number of carboxylic acid groups (broad SMARTS) is 1. The van der Waals surface area contributed by atoms with E-state index in [1.165, 1.54) is 11.3 Å². The van der Waals surface area contributed by atoms with Crippen LogP contribution in [0, 0.1) is 18.8 Å². The molecule has 0 aromatic carbocycles. The van der Waals surface area contributed by atoms with Gasteiger partial charge in [-0.1, -0.05) is 19.8 Å². The lowest BCUT2D eigenvalue weighted by Crippen LogP contribution is -2.36. The van der Waals surface area contributed by atoms with Gasteiger partial charge in [-0.15, -0.1) is 11.3 Å².